The number of anilines is 1. The summed E-state index contributed by atoms with van der Waals surface area (Å²) in [7, 11) is 0. The highest BCUT2D eigenvalue weighted by Crippen LogP contribution is 2.20. The molecule has 0 unspecified atom stereocenters. The van der Waals surface area contributed by atoms with E-state index in [-0.39, 0.29) is 5.82 Å². The first-order chi connectivity index (χ1) is 9.29. The molecular formula is C10H9F3N6O. The maximum absolute atomic E-state index is 12.3. The van der Waals surface area contributed by atoms with Gasteiger partial charge in [0.2, 0.25) is 0 Å². The molecule has 0 aromatic carbocycles. The lowest BCUT2D eigenvalue weighted by Gasteiger charge is -2.18. The van der Waals surface area contributed by atoms with Gasteiger partial charge in [0.25, 0.3) is 5.95 Å². The molecule has 2 N–H and O–H groups in total. The smallest absolute Gasteiger partial charge is 0.245 e. The van der Waals surface area contributed by atoms with E-state index in [0.29, 0.717) is 0 Å². The second kappa shape index (κ2) is 4.89. The summed E-state index contributed by atoms with van der Waals surface area (Å²) in [6.45, 7) is 1.80. The van der Waals surface area contributed by atoms with E-state index in [1.165, 1.54) is 12.3 Å². The fourth-order valence-corrected chi connectivity index (χ4v) is 1.32. The van der Waals surface area contributed by atoms with Crippen LogP contribution in [-0.4, -0.2) is 25.8 Å². The van der Waals surface area contributed by atoms with Crippen molar-refractivity contribution in [1.29, 1.82) is 0 Å². The van der Waals surface area contributed by atoms with Gasteiger partial charge in [0.15, 0.2) is 0 Å². The standard InChI is InChI=1S/C10H9F3N6O/c1-6-2-3-7(15-4-6)18-5-16-8(17-9(18)20)19(14)10(11,12)13/h2-5H,14H2,1H3. The van der Waals surface area contributed by atoms with Crippen LogP contribution < -0.4 is 16.5 Å². The minimum Gasteiger partial charge on any atom is -0.245 e. The number of rotatable bonds is 2. The van der Waals surface area contributed by atoms with E-state index in [1.807, 2.05) is 0 Å². The summed E-state index contributed by atoms with van der Waals surface area (Å²) in [5, 5.41) is -0.638. The molecule has 20 heavy (non-hydrogen) atoms. The van der Waals surface area contributed by atoms with Crippen LogP contribution in [0.5, 0.6) is 0 Å². The summed E-state index contributed by atoms with van der Waals surface area (Å²) < 4.78 is 37.9. The maximum atomic E-state index is 12.3. The number of alkyl halides is 3. The number of hydrogen-bond donors (Lipinski definition) is 1. The Morgan fingerprint density at radius 2 is 2.00 bits per heavy atom. The Labute approximate surface area is 110 Å². The Morgan fingerprint density at radius 1 is 1.30 bits per heavy atom. The summed E-state index contributed by atoms with van der Waals surface area (Å²) in [6.07, 6.45) is -2.49. The molecule has 2 aromatic rings. The van der Waals surface area contributed by atoms with E-state index in [2.05, 4.69) is 15.0 Å². The van der Waals surface area contributed by atoms with E-state index in [0.717, 1.165) is 16.5 Å². The SMILES string of the molecule is Cc1ccc(-n2cnc(N(N)C(F)(F)F)nc2=O)nc1. The normalized spacial score (nSPS) is 11.4. The molecule has 0 aliphatic rings. The van der Waals surface area contributed by atoms with Crippen molar-refractivity contribution in [3.8, 4) is 5.82 Å². The first kappa shape index (κ1) is 13.9. The Morgan fingerprint density at radius 3 is 2.50 bits per heavy atom. The lowest BCUT2D eigenvalue weighted by Crippen LogP contribution is -2.46. The summed E-state index contributed by atoms with van der Waals surface area (Å²) >= 11 is 0. The average Bonchev–Trinajstić information content (AvgIpc) is 2.38. The van der Waals surface area contributed by atoms with Gasteiger partial charge in [-0.25, -0.2) is 25.2 Å². The Bertz CT molecular complexity index is 666. The van der Waals surface area contributed by atoms with Crippen LogP contribution in [0.4, 0.5) is 19.1 Å². The third-order valence-corrected chi connectivity index (χ3v) is 2.32. The quantitative estimate of drug-likeness (QED) is 0.492. The molecule has 0 amide bonds. The van der Waals surface area contributed by atoms with Crippen LogP contribution in [0.25, 0.3) is 5.82 Å². The van der Waals surface area contributed by atoms with Crippen LogP contribution in [0.1, 0.15) is 5.56 Å². The highest BCUT2D eigenvalue weighted by molar-refractivity contribution is 5.28. The molecule has 10 heteroatoms. The van der Waals surface area contributed by atoms with Crippen LogP contribution in [0.3, 0.4) is 0 Å². The van der Waals surface area contributed by atoms with Gasteiger partial charge in [0, 0.05) is 6.20 Å². The number of hydrazine groups is 1. The van der Waals surface area contributed by atoms with Crippen molar-refractivity contribution in [2.24, 2.45) is 5.84 Å². The van der Waals surface area contributed by atoms with Crippen molar-refractivity contribution in [2.75, 3.05) is 5.01 Å². The Hall–Kier alpha value is -2.49. The zero-order chi connectivity index (χ0) is 14.9. The number of nitrogens with zero attached hydrogens (tertiary/aromatic N) is 5. The molecular weight excluding hydrogens is 277 g/mol. The Balaban J connectivity index is 2.41. The van der Waals surface area contributed by atoms with Crippen LogP contribution in [-0.2, 0) is 0 Å². The molecule has 0 spiro atoms. The van der Waals surface area contributed by atoms with Crippen molar-refractivity contribution >= 4 is 5.95 Å². The molecule has 0 bridgehead atoms. The molecule has 2 aromatic heterocycles. The summed E-state index contributed by atoms with van der Waals surface area (Å²) in [4.78, 5) is 22.2. The van der Waals surface area contributed by atoms with Gasteiger partial charge in [-0.05, 0) is 18.6 Å². The first-order valence-corrected chi connectivity index (χ1v) is 5.29. The highest BCUT2D eigenvalue weighted by Gasteiger charge is 2.37. The largest absolute Gasteiger partial charge is 0.501 e. The summed E-state index contributed by atoms with van der Waals surface area (Å²) in [5.41, 5.74) is -0.101. The van der Waals surface area contributed by atoms with Crippen LogP contribution in [0.2, 0.25) is 0 Å². The third-order valence-electron chi connectivity index (χ3n) is 2.32. The molecule has 0 saturated heterocycles. The van der Waals surface area contributed by atoms with E-state index in [1.54, 1.807) is 13.0 Å². The highest BCUT2D eigenvalue weighted by atomic mass is 19.4. The van der Waals surface area contributed by atoms with Gasteiger partial charge in [-0.1, -0.05) is 6.07 Å². The van der Waals surface area contributed by atoms with E-state index < -0.39 is 22.9 Å². The van der Waals surface area contributed by atoms with Gasteiger partial charge >= 0.3 is 12.0 Å². The second-order valence-corrected chi connectivity index (χ2v) is 3.84. The summed E-state index contributed by atoms with van der Waals surface area (Å²) in [6, 6.07) is 3.21. The average molecular weight is 286 g/mol. The van der Waals surface area contributed by atoms with E-state index in [4.69, 9.17) is 5.84 Å². The first-order valence-electron chi connectivity index (χ1n) is 5.29. The van der Waals surface area contributed by atoms with Crippen LogP contribution in [0, 0.1) is 6.92 Å². The van der Waals surface area contributed by atoms with Gasteiger partial charge in [-0.3, -0.25) is 0 Å². The predicted molar refractivity (Wildman–Crippen MR) is 62.9 cm³/mol. The van der Waals surface area contributed by atoms with Gasteiger partial charge < -0.3 is 0 Å². The summed E-state index contributed by atoms with van der Waals surface area (Å²) in [5.74, 6) is 4.03. The molecule has 0 aliphatic heterocycles. The fraction of sp³-hybridized carbons (Fsp3) is 0.200. The number of pyridine rings is 1. The number of aryl methyl sites for hydroxylation is 1. The van der Waals surface area contributed by atoms with Crippen LogP contribution in [0.15, 0.2) is 29.5 Å². The topological polar surface area (TPSA) is 89.9 Å². The van der Waals surface area contributed by atoms with Crippen LogP contribution >= 0.6 is 0 Å². The monoisotopic (exact) mass is 286 g/mol. The van der Waals surface area contributed by atoms with Gasteiger partial charge in [-0.15, -0.1) is 13.2 Å². The van der Waals surface area contributed by atoms with Gasteiger partial charge in [0.05, 0.1) is 0 Å². The van der Waals surface area contributed by atoms with Gasteiger partial charge in [0.1, 0.15) is 12.1 Å². The maximum Gasteiger partial charge on any atom is 0.501 e. The molecule has 0 saturated carbocycles. The lowest BCUT2D eigenvalue weighted by atomic mass is 10.3. The molecule has 2 heterocycles. The van der Waals surface area contributed by atoms with Crippen molar-refractivity contribution in [2.45, 2.75) is 13.2 Å². The molecule has 7 nitrogen and oxygen atoms in total. The lowest BCUT2D eigenvalue weighted by molar-refractivity contribution is -0.130. The van der Waals surface area contributed by atoms with Gasteiger partial charge in [-0.2, -0.15) is 9.99 Å². The molecule has 0 radical (unpaired) electrons. The number of nitrogens with two attached hydrogens (primary N) is 1. The zero-order valence-corrected chi connectivity index (χ0v) is 10.2. The Kier molecular flexibility index (Phi) is 3.40. The van der Waals surface area contributed by atoms with Crippen molar-refractivity contribution < 1.29 is 13.2 Å². The van der Waals surface area contributed by atoms with E-state index >= 15 is 0 Å². The molecule has 106 valence electrons. The molecule has 0 fully saturated rings. The van der Waals surface area contributed by atoms with E-state index in [9.17, 15) is 18.0 Å². The fourth-order valence-electron chi connectivity index (χ4n) is 1.32. The van der Waals surface area contributed by atoms with Crippen molar-refractivity contribution in [1.82, 2.24) is 19.5 Å². The number of aromatic nitrogens is 4. The third kappa shape index (κ3) is 2.74. The second-order valence-electron chi connectivity index (χ2n) is 3.84. The molecule has 0 atom stereocenters. The number of hydrogen-bond acceptors (Lipinski definition) is 6. The molecule has 2 rings (SSSR count). The van der Waals surface area contributed by atoms with Crippen molar-refractivity contribution in [3.63, 3.8) is 0 Å². The van der Waals surface area contributed by atoms with Crippen molar-refractivity contribution in [3.05, 3.63) is 40.7 Å². The molecule has 0 aliphatic carbocycles. The minimum absolute atomic E-state index is 0.197. The predicted octanol–water partition coefficient (Wildman–Crippen LogP) is 0.531. The zero-order valence-electron chi connectivity index (χ0n) is 10.2. The number of halogens is 3. The minimum atomic E-state index is -4.87.